The lowest BCUT2D eigenvalue weighted by atomic mass is 10.2. The largest absolute Gasteiger partial charge is 0.353 e. The minimum absolute atomic E-state index is 0.0142. The second-order valence-electron chi connectivity index (χ2n) is 3.68. The van der Waals surface area contributed by atoms with Gasteiger partial charge in [-0.3, -0.25) is 4.79 Å². The van der Waals surface area contributed by atoms with Gasteiger partial charge in [0.25, 0.3) is 0 Å². The lowest BCUT2D eigenvalue weighted by Crippen LogP contribution is -2.57. The highest BCUT2D eigenvalue weighted by molar-refractivity contribution is 7.89. The summed E-state index contributed by atoms with van der Waals surface area (Å²) in [5, 5.41) is 2.67. The van der Waals surface area contributed by atoms with Crippen LogP contribution >= 0.6 is 11.6 Å². The predicted octanol–water partition coefficient (Wildman–Crippen LogP) is 0.155. The van der Waals surface area contributed by atoms with Crippen molar-refractivity contribution in [2.24, 2.45) is 0 Å². The standard InChI is InChI=1S/C9H17ClN2O3S/c1-2-8-9(13)11-5-6-12(8)16(14,15)7-3-4-10/h8H,2-7H2,1H3,(H,11,13). The number of rotatable bonds is 5. The first-order valence-electron chi connectivity index (χ1n) is 5.36. The molecule has 7 heteroatoms. The third kappa shape index (κ3) is 3.09. The van der Waals surface area contributed by atoms with Crippen molar-refractivity contribution in [2.75, 3.05) is 24.7 Å². The molecule has 0 aromatic rings. The van der Waals surface area contributed by atoms with Crippen LogP contribution in [-0.2, 0) is 14.8 Å². The zero-order valence-corrected chi connectivity index (χ0v) is 10.9. The van der Waals surface area contributed by atoms with Crippen LogP contribution in [0.2, 0.25) is 0 Å². The first-order chi connectivity index (χ1) is 7.53. The van der Waals surface area contributed by atoms with Gasteiger partial charge in [0.1, 0.15) is 6.04 Å². The molecule has 1 amide bonds. The van der Waals surface area contributed by atoms with E-state index >= 15 is 0 Å². The fourth-order valence-corrected chi connectivity index (χ4v) is 3.81. The summed E-state index contributed by atoms with van der Waals surface area (Å²) in [6.07, 6.45) is 0.907. The molecule has 1 fully saturated rings. The van der Waals surface area contributed by atoms with Crippen LogP contribution in [0.5, 0.6) is 0 Å². The number of sulfonamides is 1. The van der Waals surface area contributed by atoms with Gasteiger partial charge in [0, 0.05) is 19.0 Å². The van der Waals surface area contributed by atoms with E-state index in [9.17, 15) is 13.2 Å². The maximum Gasteiger partial charge on any atom is 0.238 e. The highest BCUT2D eigenvalue weighted by Crippen LogP contribution is 2.14. The van der Waals surface area contributed by atoms with Crippen molar-refractivity contribution in [1.82, 2.24) is 9.62 Å². The number of carbonyl (C=O) groups is 1. The number of hydrogen-bond acceptors (Lipinski definition) is 3. The lowest BCUT2D eigenvalue weighted by molar-refractivity contribution is -0.126. The predicted molar refractivity (Wildman–Crippen MR) is 62.9 cm³/mol. The van der Waals surface area contributed by atoms with Gasteiger partial charge < -0.3 is 5.32 Å². The molecule has 0 bridgehead atoms. The number of halogens is 1. The first-order valence-corrected chi connectivity index (χ1v) is 7.50. The van der Waals surface area contributed by atoms with E-state index in [0.717, 1.165) is 0 Å². The summed E-state index contributed by atoms with van der Waals surface area (Å²) in [5.41, 5.74) is 0. The molecule has 0 spiro atoms. The average molecular weight is 269 g/mol. The third-order valence-corrected chi connectivity index (χ3v) is 4.79. The van der Waals surface area contributed by atoms with E-state index in [2.05, 4.69) is 5.32 Å². The number of piperazine rings is 1. The summed E-state index contributed by atoms with van der Waals surface area (Å²) in [6.45, 7) is 2.55. The molecule has 1 heterocycles. The number of carbonyl (C=O) groups excluding carboxylic acids is 1. The summed E-state index contributed by atoms with van der Waals surface area (Å²) in [4.78, 5) is 11.5. The molecule has 1 aliphatic rings. The Kier molecular flexibility index (Phi) is 5.01. The van der Waals surface area contributed by atoms with Crippen molar-refractivity contribution < 1.29 is 13.2 Å². The Morgan fingerprint density at radius 2 is 2.25 bits per heavy atom. The Bertz CT molecular complexity index is 345. The van der Waals surface area contributed by atoms with Gasteiger partial charge in [0.15, 0.2) is 0 Å². The highest BCUT2D eigenvalue weighted by atomic mass is 35.5. The Balaban J connectivity index is 2.79. The number of hydrogen-bond donors (Lipinski definition) is 1. The maximum atomic E-state index is 11.9. The molecule has 5 nitrogen and oxygen atoms in total. The Hall–Kier alpha value is -0.330. The smallest absolute Gasteiger partial charge is 0.238 e. The molecule has 0 saturated carbocycles. The van der Waals surface area contributed by atoms with Crippen molar-refractivity contribution in [2.45, 2.75) is 25.8 Å². The number of amides is 1. The SMILES string of the molecule is CCC1C(=O)NCCN1S(=O)(=O)CCCCl. The van der Waals surface area contributed by atoms with Crippen LogP contribution in [0.1, 0.15) is 19.8 Å². The summed E-state index contributed by atoms with van der Waals surface area (Å²) in [7, 11) is -3.35. The minimum atomic E-state index is -3.35. The van der Waals surface area contributed by atoms with Crippen LogP contribution < -0.4 is 5.32 Å². The molecule has 1 aliphatic heterocycles. The van der Waals surface area contributed by atoms with Gasteiger partial charge >= 0.3 is 0 Å². The van der Waals surface area contributed by atoms with Crippen molar-refractivity contribution in [3.8, 4) is 0 Å². The molecule has 94 valence electrons. The molecular weight excluding hydrogens is 252 g/mol. The first kappa shape index (κ1) is 13.7. The summed E-state index contributed by atoms with van der Waals surface area (Å²) >= 11 is 5.48. The molecule has 0 radical (unpaired) electrons. The molecule has 16 heavy (non-hydrogen) atoms. The van der Waals surface area contributed by atoms with Crippen LogP contribution in [0.4, 0.5) is 0 Å². The summed E-state index contributed by atoms with van der Waals surface area (Å²) in [6, 6.07) is -0.561. The summed E-state index contributed by atoms with van der Waals surface area (Å²) < 4.78 is 25.2. The van der Waals surface area contributed by atoms with Crippen LogP contribution in [0.25, 0.3) is 0 Å². The highest BCUT2D eigenvalue weighted by Gasteiger charge is 2.35. The normalized spacial score (nSPS) is 23.1. The van der Waals surface area contributed by atoms with Gasteiger partial charge in [-0.2, -0.15) is 4.31 Å². The molecule has 0 aromatic carbocycles. The van der Waals surface area contributed by atoms with Crippen LogP contribution in [0, 0.1) is 0 Å². The van der Waals surface area contributed by atoms with Crippen molar-refractivity contribution in [3.05, 3.63) is 0 Å². The molecule has 1 unspecified atom stereocenters. The molecular formula is C9H17ClN2O3S. The van der Waals surface area contributed by atoms with E-state index < -0.39 is 16.1 Å². The second kappa shape index (κ2) is 5.84. The van der Waals surface area contributed by atoms with E-state index in [1.165, 1.54) is 4.31 Å². The average Bonchev–Trinajstić information content (AvgIpc) is 2.26. The quantitative estimate of drug-likeness (QED) is 0.722. The van der Waals surface area contributed by atoms with Crippen LogP contribution in [0.15, 0.2) is 0 Å². The fraction of sp³-hybridized carbons (Fsp3) is 0.889. The van der Waals surface area contributed by atoms with Crippen molar-refractivity contribution in [1.29, 1.82) is 0 Å². The van der Waals surface area contributed by atoms with Gasteiger partial charge in [-0.1, -0.05) is 6.92 Å². The fourth-order valence-electron chi connectivity index (χ4n) is 1.77. The molecule has 1 rings (SSSR count). The van der Waals surface area contributed by atoms with E-state index in [0.29, 0.717) is 31.8 Å². The number of alkyl halides is 1. The molecule has 1 saturated heterocycles. The monoisotopic (exact) mass is 268 g/mol. The van der Waals surface area contributed by atoms with E-state index in [-0.39, 0.29) is 11.7 Å². The number of nitrogens with one attached hydrogen (secondary N) is 1. The molecule has 1 atom stereocenters. The number of nitrogens with zero attached hydrogens (tertiary/aromatic N) is 1. The zero-order chi connectivity index (χ0) is 12.2. The summed E-state index contributed by atoms with van der Waals surface area (Å²) in [5.74, 6) is 0.124. The maximum absolute atomic E-state index is 11.9. The van der Waals surface area contributed by atoms with Crippen molar-refractivity contribution in [3.63, 3.8) is 0 Å². The molecule has 1 N–H and O–H groups in total. The topological polar surface area (TPSA) is 66.5 Å². The minimum Gasteiger partial charge on any atom is -0.353 e. The second-order valence-corrected chi connectivity index (χ2v) is 6.10. The van der Waals surface area contributed by atoms with E-state index in [1.54, 1.807) is 6.92 Å². The molecule has 0 aliphatic carbocycles. The van der Waals surface area contributed by atoms with E-state index in [1.807, 2.05) is 0 Å². The van der Waals surface area contributed by atoms with Crippen molar-refractivity contribution >= 4 is 27.5 Å². The third-order valence-electron chi connectivity index (χ3n) is 2.56. The van der Waals surface area contributed by atoms with E-state index in [4.69, 9.17) is 11.6 Å². The zero-order valence-electron chi connectivity index (χ0n) is 9.28. The van der Waals surface area contributed by atoms with Crippen LogP contribution in [0.3, 0.4) is 0 Å². The lowest BCUT2D eigenvalue weighted by Gasteiger charge is -2.33. The van der Waals surface area contributed by atoms with Gasteiger partial charge in [0.2, 0.25) is 15.9 Å². The van der Waals surface area contributed by atoms with Crippen LogP contribution in [-0.4, -0.2) is 49.4 Å². The van der Waals surface area contributed by atoms with Gasteiger partial charge in [0.05, 0.1) is 5.75 Å². The van der Waals surface area contributed by atoms with Gasteiger partial charge in [-0.25, -0.2) is 8.42 Å². The molecule has 0 aromatic heterocycles. The Labute approximate surface area is 101 Å². The Morgan fingerprint density at radius 1 is 1.56 bits per heavy atom. The van der Waals surface area contributed by atoms with Gasteiger partial charge in [-0.15, -0.1) is 11.6 Å². The van der Waals surface area contributed by atoms with Gasteiger partial charge in [-0.05, 0) is 12.8 Å². The Morgan fingerprint density at radius 3 is 2.81 bits per heavy atom.